The molecule has 1 aromatic heterocycles. The Kier molecular flexibility index (Phi) is 2.97. The van der Waals surface area contributed by atoms with Crippen molar-refractivity contribution in [2.45, 2.75) is 4.90 Å². The van der Waals surface area contributed by atoms with Crippen molar-refractivity contribution in [1.82, 2.24) is 4.98 Å². The fourth-order valence-electron chi connectivity index (χ4n) is 1.80. The Morgan fingerprint density at radius 1 is 1.11 bits per heavy atom. The first kappa shape index (κ1) is 11.6. The molecule has 0 saturated heterocycles. The summed E-state index contributed by atoms with van der Waals surface area (Å²) in [5.74, 6) is 0. The van der Waals surface area contributed by atoms with Crippen molar-refractivity contribution in [2.75, 3.05) is 12.0 Å². The van der Waals surface area contributed by atoms with Crippen molar-refractivity contribution < 1.29 is 0 Å². The zero-order chi connectivity index (χ0) is 12.5. The number of benzene rings is 2. The second kappa shape index (κ2) is 4.63. The van der Waals surface area contributed by atoms with Gasteiger partial charge in [-0.15, -0.1) is 23.1 Å². The highest BCUT2D eigenvalue weighted by Gasteiger charge is 2.06. The molecule has 0 radical (unpaired) electrons. The first-order chi connectivity index (χ1) is 8.76. The molecular weight excluding hydrogens is 260 g/mol. The number of thiazole rings is 1. The molecule has 2 N–H and O–H groups in total. The van der Waals surface area contributed by atoms with E-state index < -0.39 is 0 Å². The van der Waals surface area contributed by atoms with Gasteiger partial charge >= 0.3 is 0 Å². The van der Waals surface area contributed by atoms with Gasteiger partial charge in [0.15, 0.2) is 0 Å². The Morgan fingerprint density at radius 2 is 1.89 bits per heavy atom. The van der Waals surface area contributed by atoms with E-state index in [0.29, 0.717) is 0 Å². The maximum Gasteiger partial charge on any atom is 0.124 e. The number of hydrogen-bond acceptors (Lipinski definition) is 4. The minimum atomic E-state index is 0.787. The number of nitrogens with zero attached hydrogens (tertiary/aromatic N) is 1. The van der Waals surface area contributed by atoms with Crippen molar-refractivity contribution in [3.63, 3.8) is 0 Å². The summed E-state index contributed by atoms with van der Waals surface area (Å²) < 4.78 is 1.14. The van der Waals surface area contributed by atoms with Crippen LogP contribution < -0.4 is 5.73 Å². The Labute approximate surface area is 114 Å². The molecule has 0 spiro atoms. The molecule has 18 heavy (non-hydrogen) atoms. The first-order valence-electron chi connectivity index (χ1n) is 5.57. The van der Waals surface area contributed by atoms with Gasteiger partial charge in [0, 0.05) is 16.1 Å². The summed E-state index contributed by atoms with van der Waals surface area (Å²) in [5, 5.41) is 1.04. The third-order valence-corrected chi connectivity index (χ3v) is 4.56. The van der Waals surface area contributed by atoms with E-state index in [9.17, 15) is 0 Å². The molecule has 4 heteroatoms. The summed E-state index contributed by atoms with van der Waals surface area (Å²) in [6, 6.07) is 14.3. The molecule has 0 aliphatic heterocycles. The molecule has 0 saturated carbocycles. The lowest BCUT2D eigenvalue weighted by Crippen LogP contribution is -1.81. The predicted molar refractivity (Wildman–Crippen MR) is 81.2 cm³/mol. The van der Waals surface area contributed by atoms with Crippen molar-refractivity contribution in [3.05, 3.63) is 42.5 Å². The molecule has 0 fully saturated rings. The molecule has 0 aliphatic rings. The number of nitrogens with two attached hydrogens (primary N) is 1. The Hall–Kier alpha value is -1.52. The molecule has 0 atom stereocenters. The van der Waals surface area contributed by atoms with Crippen molar-refractivity contribution in [3.8, 4) is 10.6 Å². The fraction of sp³-hybridized carbons (Fsp3) is 0.0714. The average molecular weight is 272 g/mol. The Balaban J connectivity index is 2.07. The molecule has 2 nitrogen and oxygen atoms in total. The number of thioether (sulfide) groups is 1. The summed E-state index contributed by atoms with van der Waals surface area (Å²) in [7, 11) is 0. The lowest BCUT2D eigenvalue weighted by atomic mass is 10.2. The van der Waals surface area contributed by atoms with Gasteiger partial charge in [-0.25, -0.2) is 4.98 Å². The molecule has 3 aromatic rings. The van der Waals surface area contributed by atoms with Crippen LogP contribution in [0.3, 0.4) is 0 Å². The fourth-order valence-corrected chi connectivity index (χ4v) is 3.23. The van der Waals surface area contributed by atoms with Crippen LogP contribution in [0.1, 0.15) is 0 Å². The van der Waals surface area contributed by atoms with Gasteiger partial charge < -0.3 is 5.73 Å². The monoisotopic (exact) mass is 272 g/mol. The van der Waals surface area contributed by atoms with Crippen LogP contribution >= 0.6 is 23.1 Å². The minimum Gasteiger partial charge on any atom is -0.399 e. The van der Waals surface area contributed by atoms with Gasteiger partial charge in [0.05, 0.1) is 10.2 Å². The topological polar surface area (TPSA) is 38.9 Å². The van der Waals surface area contributed by atoms with E-state index in [1.807, 2.05) is 18.2 Å². The number of rotatable bonds is 2. The molecule has 2 aromatic carbocycles. The average Bonchev–Trinajstić information content (AvgIpc) is 2.81. The lowest BCUT2D eigenvalue weighted by Gasteiger charge is -1.97. The second-order valence-electron chi connectivity index (χ2n) is 3.97. The van der Waals surface area contributed by atoms with Gasteiger partial charge in [0.2, 0.25) is 0 Å². The largest absolute Gasteiger partial charge is 0.399 e. The van der Waals surface area contributed by atoms with Crippen LogP contribution in [0.4, 0.5) is 5.69 Å². The third kappa shape index (κ3) is 2.09. The predicted octanol–water partition coefficient (Wildman–Crippen LogP) is 4.27. The Bertz CT molecular complexity index is 687. The maximum atomic E-state index is 5.79. The first-order valence-corrected chi connectivity index (χ1v) is 7.61. The van der Waals surface area contributed by atoms with Crippen molar-refractivity contribution in [2.24, 2.45) is 0 Å². The third-order valence-electron chi connectivity index (χ3n) is 2.75. The number of aromatic nitrogens is 1. The van der Waals surface area contributed by atoms with E-state index in [2.05, 4.69) is 35.5 Å². The molecule has 0 aliphatic carbocycles. The van der Waals surface area contributed by atoms with Crippen LogP contribution in [0, 0.1) is 0 Å². The summed E-state index contributed by atoms with van der Waals surface area (Å²) in [6.07, 6.45) is 2.08. The molecule has 0 unspecified atom stereocenters. The highest BCUT2D eigenvalue weighted by atomic mass is 32.2. The molecule has 0 amide bonds. The molecule has 3 rings (SSSR count). The van der Waals surface area contributed by atoms with E-state index in [4.69, 9.17) is 5.73 Å². The van der Waals surface area contributed by atoms with Gasteiger partial charge in [0.25, 0.3) is 0 Å². The number of nitrogen functional groups attached to an aromatic ring is 1. The quantitative estimate of drug-likeness (QED) is 0.559. The standard InChI is InChI=1S/C14H12N2S2/c1-17-11-5-2-9(3-6-11)14-16-12-7-4-10(15)8-13(12)18-14/h2-8H,15H2,1H3. The number of anilines is 1. The van der Waals surface area contributed by atoms with Gasteiger partial charge in [-0.3, -0.25) is 0 Å². The summed E-state index contributed by atoms with van der Waals surface area (Å²) >= 11 is 3.43. The van der Waals surface area contributed by atoms with Crippen molar-refractivity contribution >= 4 is 39.0 Å². The molecular formula is C14H12N2S2. The number of hydrogen-bond donors (Lipinski definition) is 1. The van der Waals surface area contributed by atoms with Crippen LogP contribution in [0.15, 0.2) is 47.4 Å². The summed E-state index contributed by atoms with van der Waals surface area (Å²) in [5.41, 5.74) is 8.75. The molecule has 90 valence electrons. The van der Waals surface area contributed by atoms with Crippen molar-refractivity contribution in [1.29, 1.82) is 0 Å². The highest BCUT2D eigenvalue weighted by Crippen LogP contribution is 2.31. The Morgan fingerprint density at radius 3 is 2.61 bits per heavy atom. The zero-order valence-corrected chi connectivity index (χ0v) is 11.5. The maximum absolute atomic E-state index is 5.79. The van der Waals surface area contributed by atoms with E-state index in [1.165, 1.54) is 4.90 Å². The normalized spacial score (nSPS) is 10.9. The highest BCUT2D eigenvalue weighted by molar-refractivity contribution is 7.98. The van der Waals surface area contributed by atoms with Gasteiger partial charge in [-0.2, -0.15) is 0 Å². The van der Waals surface area contributed by atoms with E-state index in [-0.39, 0.29) is 0 Å². The van der Waals surface area contributed by atoms with Crippen LogP contribution in [-0.4, -0.2) is 11.2 Å². The van der Waals surface area contributed by atoms with Gasteiger partial charge in [-0.1, -0.05) is 12.1 Å². The van der Waals surface area contributed by atoms with Gasteiger partial charge in [-0.05, 0) is 36.6 Å². The van der Waals surface area contributed by atoms with Gasteiger partial charge in [0.1, 0.15) is 5.01 Å². The van der Waals surface area contributed by atoms with Crippen LogP contribution in [0.5, 0.6) is 0 Å². The second-order valence-corrected chi connectivity index (χ2v) is 5.88. The van der Waals surface area contributed by atoms with Crippen LogP contribution in [0.2, 0.25) is 0 Å². The molecule has 0 bridgehead atoms. The molecule has 1 heterocycles. The number of fused-ring (bicyclic) bond motifs is 1. The summed E-state index contributed by atoms with van der Waals surface area (Å²) in [6.45, 7) is 0. The smallest absolute Gasteiger partial charge is 0.124 e. The van der Waals surface area contributed by atoms with Crippen LogP contribution in [-0.2, 0) is 0 Å². The minimum absolute atomic E-state index is 0.787. The van der Waals surface area contributed by atoms with Crippen LogP contribution in [0.25, 0.3) is 20.8 Å². The summed E-state index contributed by atoms with van der Waals surface area (Å²) in [4.78, 5) is 5.90. The zero-order valence-electron chi connectivity index (χ0n) is 9.88. The van der Waals surface area contributed by atoms with E-state index >= 15 is 0 Å². The lowest BCUT2D eigenvalue weighted by molar-refractivity contribution is 1.43. The van der Waals surface area contributed by atoms with E-state index in [0.717, 1.165) is 26.5 Å². The SMILES string of the molecule is CSc1ccc(-c2nc3ccc(N)cc3s2)cc1. The van der Waals surface area contributed by atoms with E-state index in [1.54, 1.807) is 23.1 Å².